The predicted molar refractivity (Wildman–Crippen MR) is 83.0 cm³/mol. The van der Waals surface area contributed by atoms with Gasteiger partial charge in [0.2, 0.25) is 0 Å². The van der Waals surface area contributed by atoms with Crippen molar-refractivity contribution >= 4 is 23.4 Å². The van der Waals surface area contributed by atoms with Crippen LogP contribution in [0, 0.1) is 13.8 Å². The van der Waals surface area contributed by atoms with Gasteiger partial charge in [0, 0.05) is 17.7 Å². The molecule has 0 spiro atoms. The smallest absolute Gasteiger partial charge is 0.140 e. The van der Waals surface area contributed by atoms with Gasteiger partial charge in [0.05, 0.1) is 5.75 Å². The van der Waals surface area contributed by atoms with Crippen molar-refractivity contribution in [3.63, 3.8) is 0 Å². The number of benzene rings is 1. The predicted octanol–water partition coefficient (Wildman–Crippen LogP) is 4.20. The first-order valence-corrected chi connectivity index (χ1v) is 7.93. The van der Waals surface area contributed by atoms with E-state index in [1.54, 1.807) is 11.8 Å². The van der Waals surface area contributed by atoms with Crippen LogP contribution in [0.1, 0.15) is 28.2 Å². The van der Waals surface area contributed by atoms with Gasteiger partial charge < -0.3 is 0 Å². The molecule has 0 N–H and O–H groups in total. The number of rotatable bonds is 4. The minimum atomic E-state index is 0.581. The normalized spacial score (nSPS) is 10.7. The number of hydrogen-bond acceptors (Lipinski definition) is 3. The SMILES string of the molecule is CSCc1nc(C)c(Cc2ccc(C)cc2)c(Cl)n1. The first-order chi connectivity index (χ1) is 9.10. The highest BCUT2D eigenvalue weighted by atomic mass is 35.5. The van der Waals surface area contributed by atoms with E-state index in [1.165, 1.54) is 11.1 Å². The minimum Gasteiger partial charge on any atom is -0.237 e. The molecule has 0 atom stereocenters. The number of halogens is 1. The van der Waals surface area contributed by atoms with Crippen LogP contribution >= 0.6 is 23.4 Å². The summed E-state index contributed by atoms with van der Waals surface area (Å²) >= 11 is 7.99. The summed E-state index contributed by atoms with van der Waals surface area (Å²) in [5, 5.41) is 0.581. The minimum absolute atomic E-state index is 0.581. The Morgan fingerprint density at radius 2 is 1.79 bits per heavy atom. The molecule has 0 fully saturated rings. The summed E-state index contributed by atoms with van der Waals surface area (Å²) in [6, 6.07) is 8.48. The zero-order chi connectivity index (χ0) is 13.8. The largest absolute Gasteiger partial charge is 0.237 e. The molecule has 0 amide bonds. The Morgan fingerprint density at radius 3 is 2.37 bits per heavy atom. The third-order valence-electron chi connectivity index (χ3n) is 2.98. The molecule has 19 heavy (non-hydrogen) atoms. The maximum atomic E-state index is 6.29. The lowest BCUT2D eigenvalue weighted by Crippen LogP contribution is -2.03. The van der Waals surface area contributed by atoms with Gasteiger partial charge >= 0.3 is 0 Å². The van der Waals surface area contributed by atoms with Crippen molar-refractivity contribution < 1.29 is 0 Å². The van der Waals surface area contributed by atoms with Gasteiger partial charge in [0.1, 0.15) is 11.0 Å². The number of aromatic nitrogens is 2. The Morgan fingerprint density at radius 1 is 1.11 bits per heavy atom. The van der Waals surface area contributed by atoms with E-state index in [-0.39, 0.29) is 0 Å². The second kappa shape index (κ2) is 6.40. The highest BCUT2D eigenvalue weighted by Crippen LogP contribution is 2.21. The molecule has 2 rings (SSSR count). The third-order valence-corrected chi connectivity index (χ3v) is 3.84. The topological polar surface area (TPSA) is 25.8 Å². The Kier molecular flexibility index (Phi) is 4.83. The van der Waals surface area contributed by atoms with E-state index in [0.717, 1.165) is 29.3 Å². The Bertz CT molecular complexity index is 544. The second-order valence-electron chi connectivity index (χ2n) is 4.59. The highest BCUT2D eigenvalue weighted by Gasteiger charge is 2.10. The van der Waals surface area contributed by atoms with E-state index in [9.17, 15) is 0 Å². The van der Waals surface area contributed by atoms with Gasteiger partial charge in [0.25, 0.3) is 0 Å². The van der Waals surface area contributed by atoms with Crippen LogP contribution < -0.4 is 0 Å². The van der Waals surface area contributed by atoms with Crippen LogP contribution in [-0.2, 0) is 12.2 Å². The van der Waals surface area contributed by atoms with Crippen molar-refractivity contribution in [3.8, 4) is 0 Å². The first kappa shape index (κ1) is 14.4. The van der Waals surface area contributed by atoms with E-state index in [0.29, 0.717) is 5.15 Å². The summed E-state index contributed by atoms with van der Waals surface area (Å²) in [6.07, 6.45) is 2.82. The molecular weight excluding hydrogens is 276 g/mol. The molecule has 1 aromatic carbocycles. The number of thioether (sulfide) groups is 1. The van der Waals surface area contributed by atoms with Crippen LogP contribution in [0.2, 0.25) is 5.15 Å². The van der Waals surface area contributed by atoms with E-state index < -0.39 is 0 Å². The standard InChI is InChI=1S/C15H17ClN2S/c1-10-4-6-12(7-5-10)8-13-11(2)17-14(9-19-3)18-15(13)16/h4-7H,8-9H2,1-3H3. The summed E-state index contributed by atoms with van der Waals surface area (Å²) < 4.78 is 0. The molecule has 1 aromatic heterocycles. The van der Waals surface area contributed by atoms with E-state index in [4.69, 9.17) is 11.6 Å². The lowest BCUT2D eigenvalue weighted by Gasteiger charge is -2.09. The molecule has 0 unspecified atom stereocenters. The van der Waals surface area contributed by atoms with Crippen LogP contribution in [0.4, 0.5) is 0 Å². The molecular formula is C15H17ClN2S. The molecule has 0 aliphatic carbocycles. The van der Waals surface area contributed by atoms with Gasteiger partial charge in [-0.15, -0.1) is 0 Å². The van der Waals surface area contributed by atoms with Crippen LogP contribution in [0.3, 0.4) is 0 Å². The zero-order valence-electron chi connectivity index (χ0n) is 11.4. The summed E-state index contributed by atoms with van der Waals surface area (Å²) in [5.41, 5.74) is 4.50. The van der Waals surface area contributed by atoms with Gasteiger partial charge in [-0.3, -0.25) is 0 Å². The Hall–Kier alpha value is -1.06. The van der Waals surface area contributed by atoms with Gasteiger partial charge in [-0.1, -0.05) is 41.4 Å². The van der Waals surface area contributed by atoms with Crippen molar-refractivity contribution in [3.05, 3.63) is 57.6 Å². The molecule has 4 heteroatoms. The van der Waals surface area contributed by atoms with Crippen LogP contribution in [0.15, 0.2) is 24.3 Å². The molecule has 0 saturated heterocycles. The van der Waals surface area contributed by atoms with E-state index >= 15 is 0 Å². The van der Waals surface area contributed by atoms with Gasteiger partial charge in [-0.2, -0.15) is 11.8 Å². The van der Waals surface area contributed by atoms with Gasteiger partial charge in [0.15, 0.2) is 0 Å². The number of aryl methyl sites for hydroxylation is 2. The number of nitrogens with zero attached hydrogens (tertiary/aromatic N) is 2. The molecule has 100 valence electrons. The van der Waals surface area contributed by atoms with Crippen molar-refractivity contribution in [1.29, 1.82) is 0 Å². The fourth-order valence-electron chi connectivity index (χ4n) is 1.92. The Labute approximate surface area is 123 Å². The monoisotopic (exact) mass is 292 g/mol. The first-order valence-electron chi connectivity index (χ1n) is 6.16. The molecule has 0 bridgehead atoms. The molecule has 2 aromatic rings. The maximum Gasteiger partial charge on any atom is 0.140 e. The quantitative estimate of drug-likeness (QED) is 0.790. The molecule has 2 nitrogen and oxygen atoms in total. The molecule has 0 aliphatic heterocycles. The van der Waals surface area contributed by atoms with Crippen LogP contribution in [-0.4, -0.2) is 16.2 Å². The summed E-state index contributed by atoms with van der Waals surface area (Å²) in [7, 11) is 0. The van der Waals surface area contributed by atoms with Crippen molar-refractivity contribution in [2.45, 2.75) is 26.0 Å². The fraction of sp³-hybridized carbons (Fsp3) is 0.333. The van der Waals surface area contributed by atoms with E-state index in [1.807, 2.05) is 13.2 Å². The zero-order valence-corrected chi connectivity index (χ0v) is 13.0. The Balaban J connectivity index is 2.27. The summed E-state index contributed by atoms with van der Waals surface area (Å²) in [5.74, 6) is 1.61. The van der Waals surface area contributed by atoms with E-state index in [2.05, 4.69) is 41.2 Å². The summed E-state index contributed by atoms with van der Waals surface area (Å²) in [4.78, 5) is 8.89. The second-order valence-corrected chi connectivity index (χ2v) is 5.81. The van der Waals surface area contributed by atoms with Crippen molar-refractivity contribution in [2.75, 3.05) is 6.26 Å². The van der Waals surface area contributed by atoms with Crippen LogP contribution in [0.25, 0.3) is 0 Å². The highest BCUT2D eigenvalue weighted by molar-refractivity contribution is 7.97. The molecule has 1 heterocycles. The lowest BCUT2D eigenvalue weighted by atomic mass is 10.0. The van der Waals surface area contributed by atoms with Gasteiger partial charge in [-0.25, -0.2) is 9.97 Å². The molecule has 0 radical (unpaired) electrons. The maximum absolute atomic E-state index is 6.29. The van der Waals surface area contributed by atoms with Crippen molar-refractivity contribution in [1.82, 2.24) is 9.97 Å². The average Bonchev–Trinajstić information content (AvgIpc) is 2.36. The fourth-order valence-corrected chi connectivity index (χ4v) is 2.61. The molecule has 0 saturated carbocycles. The molecule has 0 aliphatic rings. The number of hydrogen-bond donors (Lipinski definition) is 0. The third kappa shape index (κ3) is 3.71. The summed E-state index contributed by atoms with van der Waals surface area (Å²) in [6.45, 7) is 4.09. The van der Waals surface area contributed by atoms with Gasteiger partial charge in [-0.05, 0) is 25.7 Å². The van der Waals surface area contributed by atoms with Crippen molar-refractivity contribution in [2.24, 2.45) is 0 Å². The van der Waals surface area contributed by atoms with Crippen LogP contribution in [0.5, 0.6) is 0 Å². The average molecular weight is 293 g/mol. The lowest BCUT2D eigenvalue weighted by molar-refractivity contribution is 0.950.